The molecule has 5 rings (SSSR count). The number of anilines is 2. The molecule has 2 aromatic heterocycles. The van der Waals surface area contributed by atoms with Crippen LogP contribution in [0.15, 0.2) is 78.3 Å². The quantitative estimate of drug-likeness (QED) is 0.466. The summed E-state index contributed by atoms with van der Waals surface area (Å²) in [4.78, 5) is 16.5. The molecule has 0 saturated carbocycles. The van der Waals surface area contributed by atoms with Gasteiger partial charge in [0.1, 0.15) is 5.69 Å². The molecule has 0 aliphatic carbocycles. The SMILES string of the molecule is O=C(Nc1ccc(N2CCOCC2)cc1)c1cn(Cc2ccccc2)nc1-c1cccs1. The first kappa shape index (κ1) is 20.5. The lowest BCUT2D eigenvalue weighted by molar-refractivity contribution is 0.102. The maximum absolute atomic E-state index is 13.2. The fourth-order valence-electron chi connectivity index (χ4n) is 3.81. The van der Waals surface area contributed by atoms with E-state index in [0.29, 0.717) is 17.8 Å². The van der Waals surface area contributed by atoms with Crippen molar-refractivity contribution in [2.45, 2.75) is 6.54 Å². The first-order valence-electron chi connectivity index (χ1n) is 10.7. The van der Waals surface area contributed by atoms with Crippen LogP contribution in [0.1, 0.15) is 15.9 Å². The van der Waals surface area contributed by atoms with Crippen LogP contribution in [0.3, 0.4) is 0 Å². The average molecular weight is 445 g/mol. The number of rotatable bonds is 6. The number of amides is 1. The highest BCUT2D eigenvalue weighted by atomic mass is 32.1. The Labute approximate surface area is 191 Å². The predicted molar refractivity (Wildman–Crippen MR) is 129 cm³/mol. The smallest absolute Gasteiger partial charge is 0.259 e. The number of hydrogen-bond donors (Lipinski definition) is 1. The van der Waals surface area contributed by atoms with Crippen molar-refractivity contribution in [3.8, 4) is 10.6 Å². The molecular formula is C25H24N4O2S. The summed E-state index contributed by atoms with van der Waals surface area (Å²) in [6.07, 6.45) is 1.83. The number of hydrogen-bond acceptors (Lipinski definition) is 5. The molecule has 162 valence electrons. The first-order valence-corrected chi connectivity index (χ1v) is 11.5. The Hall–Kier alpha value is -3.42. The molecule has 0 atom stereocenters. The molecule has 6 nitrogen and oxygen atoms in total. The summed E-state index contributed by atoms with van der Waals surface area (Å²) in [5.41, 5.74) is 4.32. The topological polar surface area (TPSA) is 59.4 Å². The molecule has 1 aliphatic rings. The van der Waals surface area contributed by atoms with Crippen LogP contribution in [-0.4, -0.2) is 42.0 Å². The molecule has 1 fully saturated rings. The number of ether oxygens (including phenoxy) is 1. The zero-order valence-electron chi connectivity index (χ0n) is 17.6. The molecule has 0 spiro atoms. The second-order valence-electron chi connectivity index (χ2n) is 7.65. The van der Waals surface area contributed by atoms with E-state index in [-0.39, 0.29) is 5.91 Å². The number of carbonyl (C=O) groups excluding carboxylic acids is 1. The van der Waals surface area contributed by atoms with Gasteiger partial charge >= 0.3 is 0 Å². The Morgan fingerprint density at radius 1 is 1.00 bits per heavy atom. The zero-order valence-corrected chi connectivity index (χ0v) is 18.4. The zero-order chi connectivity index (χ0) is 21.8. The number of nitrogens with one attached hydrogen (secondary N) is 1. The average Bonchev–Trinajstić information content (AvgIpc) is 3.51. The van der Waals surface area contributed by atoms with Gasteiger partial charge < -0.3 is 15.0 Å². The number of aromatic nitrogens is 2. The van der Waals surface area contributed by atoms with Crippen molar-refractivity contribution in [3.63, 3.8) is 0 Å². The van der Waals surface area contributed by atoms with Gasteiger partial charge in [-0.25, -0.2) is 0 Å². The Morgan fingerprint density at radius 3 is 2.50 bits per heavy atom. The predicted octanol–water partition coefficient (Wildman–Crippen LogP) is 4.75. The lowest BCUT2D eigenvalue weighted by atomic mass is 10.2. The molecule has 7 heteroatoms. The van der Waals surface area contributed by atoms with Gasteiger partial charge in [-0.1, -0.05) is 36.4 Å². The lowest BCUT2D eigenvalue weighted by Crippen LogP contribution is -2.36. The third-order valence-corrected chi connectivity index (χ3v) is 6.33. The summed E-state index contributed by atoms with van der Waals surface area (Å²) >= 11 is 1.58. The second kappa shape index (κ2) is 9.38. The summed E-state index contributed by atoms with van der Waals surface area (Å²) < 4.78 is 7.26. The van der Waals surface area contributed by atoms with E-state index in [1.807, 2.05) is 70.9 Å². The van der Waals surface area contributed by atoms with Crippen LogP contribution in [0.2, 0.25) is 0 Å². The summed E-state index contributed by atoms with van der Waals surface area (Å²) in [5, 5.41) is 9.77. The number of nitrogens with zero attached hydrogens (tertiary/aromatic N) is 3. The molecule has 1 amide bonds. The van der Waals surface area contributed by atoms with Crippen LogP contribution >= 0.6 is 11.3 Å². The molecule has 0 radical (unpaired) electrons. The van der Waals surface area contributed by atoms with E-state index in [1.165, 1.54) is 0 Å². The van der Waals surface area contributed by atoms with Crippen molar-refractivity contribution in [2.24, 2.45) is 0 Å². The van der Waals surface area contributed by atoms with Gasteiger partial charge in [0.15, 0.2) is 0 Å². The van der Waals surface area contributed by atoms with Crippen LogP contribution in [0.4, 0.5) is 11.4 Å². The second-order valence-corrected chi connectivity index (χ2v) is 8.60. The highest BCUT2D eigenvalue weighted by Crippen LogP contribution is 2.28. The molecule has 1 saturated heterocycles. The van der Waals surface area contributed by atoms with Crippen LogP contribution in [0.25, 0.3) is 10.6 Å². The molecule has 4 aromatic rings. The molecule has 2 aromatic carbocycles. The van der Waals surface area contributed by atoms with Crippen molar-refractivity contribution in [2.75, 3.05) is 36.5 Å². The van der Waals surface area contributed by atoms with E-state index in [1.54, 1.807) is 11.3 Å². The van der Waals surface area contributed by atoms with Gasteiger partial charge in [0, 0.05) is 30.7 Å². The fraction of sp³-hybridized carbons (Fsp3) is 0.200. The number of benzene rings is 2. The third-order valence-electron chi connectivity index (χ3n) is 5.45. The Balaban J connectivity index is 1.36. The highest BCUT2D eigenvalue weighted by Gasteiger charge is 2.19. The van der Waals surface area contributed by atoms with E-state index in [0.717, 1.165) is 48.1 Å². The van der Waals surface area contributed by atoms with Gasteiger partial charge in [-0.15, -0.1) is 11.3 Å². The monoisotopic (exact) mass is 444 g/mol. The minimum Gasteiger partial charge on any atom is -0.378 e. The van der Waals surface area contributed by atoms with Crippen molar-refractivity contribution >= 4 is 28.6 Å². The summed E-state index contributed by atoms with van der Waals surface area (Å²) in [6, 6.07) is 22.1. The minimum atomic E-state index is -0.160. The van der Waals surface area contributed by atoms with Crippen molar-refractivity contribution < 1.29 is 9.53 Å². The van der Waals surface area contributed by atoms with E-state index < -0.39 is 0 Å². The van der Waals surface area contributed by atoms with Gasteiger partial charge in [0.25, 0.3) is 5.91 Å². The molecule has 32 heavy (non-hydrogen) atoms. The van der Waals surface area contributed by atoms with E-state index in [2.05, 4.69) is 22.3 Å². The maximum atomic E-state index is 13.2. The minimum absolute atomic E-state index is 0.160. The molecule has 1 N–H and O–H groups in total. The molecule has 1 aliphatic heterocycles. The molecule has 3 heterocycles. The molecular weight excluding hydrogens is 420 g/mol. The Kier molecular flexibility index (Phi) is 6.00. The van der Waals surface area contributed by atoms with Gasteiger partial charge in [-0.05, 0) is 41.3 Å². The fourth-order valence-corrected chi connectivity index (χ4v) is 4.53. The highest BCUT2D eigenvalue weighted by molar-refractivity contribution is 7.13. The summed E-state index contributed by atoms with van der Waals surface area (Å²) in [7, 11) is 0. The van der Waals surface area contributed by atoms with Crippen LogP contribution < -0.4 is 10.2 Å². The van der Waals surface area contributed by atoms with E-state index >= 15 is 0 Å². The standard InChI is InChI=1S/C25H24N4O2S/c30-25(26-20-8-10-21(11-9-20)28-12-14-31-15-13-28)22-18-29(17-19-5-2-1-3-6-19)27-24(22)23-7-4-16-32-23/h1-11,16,18H,12-15,17H2,(H,26,30). The largest absolute Gasteiger partial charge is 0.378 e. The molecule has 0 unspecified atom stereocenters. The van der Waals surface area contributed by atoms with Crippen LogP contribution in [0, 0.1) is 0 Å². The Morgan fingerprint density at radius 2 is 1.78 bits per heavy atom. The van der Waals surface area contributed by atoms with E-state index in [9.17, 15) is 4.79 Å². The first-order chi connectivity index (χ1) is 15.8. The number of carbonyl (C=O) groups is 1. The van der Waals surface area contributed by atoms with Gasteiger partial charge in [0.05, 0.1) is 30.2 Å². The third kappa shape index (κ3) is 4.59. The van der Waals surface area contributed by atoms with Gasteiger partial charge in [-0.2, -0.15) is 5.10 Å². The van der Waals surface area contributed by atoms with Crippen molar-refractivity contribution in [1.82, 2.24) is 9.78 Å². The number of thiophene rings is 1. The van der Waals surface area contributed by atoms with Crippen LogP contribution in [-0.2, 0) is 11.3 Å². The molecule has 0 bridgehead atoms. The number of morpholine rings is 1. The van der Waals surface area contributed by atoms with Crippen molar-refractivity contribution in [1.29, 1.82) is 0 Å². The maximum Gasteiger partial charge on any atom is 0.259 e. The lowest BCUT2D eigenvalue weighted by Gasteiger charge is -2.28. The van der Waals surface area contributed by atoms with E-state index in [4.69, 9.17) is 9.84 Å². The normalized spacial score (nSPS) is 13.8. The summed E-state index contributed by atoms with van der Waals surface area (Å²) in [5.74, 6) is -0.160. The van der Waals surface area contributed by atoms with Crippen LogP contribution in [0.5, 0.6) is 0 Å². The van der Waals surface area contributed by atoms with Gasteiger partial charge in [-0.3, -0.25) is 9.48 Å². The van der Waals surface area contributed by atoms with Crippen molar-refractivity contribution in [3.05, 3.63) is 89.4 Å². The van der Waals surface area contributed by atoms with Gasteiger partial charge in [0.2, 0.25) is 0 Å². The summed E-state index contributed by atoms with van der Waals surface area (Å²) in [6.45, 7) is 3.88. The Bertz CT molecular complexity index is 1160.